The van der Waals surface area contributed by atoms with Crippen molar-refractivity contribution < 1.29 is 13.5 Å². The molecule has 0 atom stereocenters. The van der Waals surface area contributed by atoms with Gasteiger partial charge in [-0.05, 0) is 30.2 Å². The molecule has 0 radical (unpaired) electrons. The van der Waals surface area contributed by atoms with E-state index in [4.69, 9.17) is 0 Å². The lowest BCUT2D eigenvalue weighted by Crippen LogP contribution is -2.31. The van der Waals surface area contributed by atoms with Crippen LogP contribution in [-0.2, 0) is 6.42 Å². The minimum absolute atomic E-state index is 0.0767. The molecule has 3 rings (SSSR count). The van der Waals surface area contributed by atoms with Gasteiger partial charge in [-0.3, -0.25) is 9.36 Å². The van der Waals surface area contributed by atoms with Gasteiger partial charge in [0.2, 0.25) is 0 Å². The molecular weight excluding hydrogens is 408 g/mol. The van der Waals surface area contributed by atoms with Crippen molar-refractivity contribution in [2.75, 3.05) is 0 Å². The number of rotatable bonds is 5. The van der Waals surface area contributed by atoms with Gasteiger partial charge in [-0.2, -0.15) is 19.3 Å². The molecule has 30 heavy (non-hydrogen) atoms. The molecule has 0 aliphatic heterocycles. The van der Waals surface area contributed by atoms with E-state index in [1.54, 1.807) is 30.3 Å². The molecule has 5 nitrogen and oxygen atoms in total. The number of hydrogen-bond acceptors (Lipinski definition) is 5. The SMILES string of the molecule is CCc1ccccc1-n1c(=C(C#N)C#N)s/c(=C/c2ccccc2OC(F)F)c1=O. The number of thiazole rings is 1. The monoisotopic (exact) mass is 423 g/mol. The van der Waals surface area contributed by atoms with E-state index in [1.807, 2.05) is 31.2 Å². The average molecular weight is 423 g/mol. The summed E-state index contributed by atoms with van der Waals surface area (Å²) in [7, 11) is 0. The summed E-state index contributed by atoms with van der Waals surface area (Å²) in [6.07, 6.45) is 2.06. The molecule has 0 saturated carbocycles. The van der Waals surface area contributed by atoms with Crippen LogP contribution < -0.4 is 19.5 Å². The predicted molar refractivity (Wildman–Crippen MR) is 110 cm³/mol. The Labute approximate surface area is 174 Å². The zero-order chi connectivity index (χ0) is 21.7. The molecule has 0 saturated heterocycles. The van der Waals surface area contributed by atoms with E-state index in [9.17, 15) is 24.1 Å². The minimum Gasteiger partial charge on any atom is -0.434 e. The lowest BCUT2D eigenvalue weighted by Gasteiger charge is -2.08. The highest BCUT2D eigenvalue weighted by atomic mass is 32.1. The van der Waals surface area contributed by atoms with Gasteiger partial charge in [0.15, 0.2) is 5.57 Å². The van der Waals surface area contributed by atoms with Gasteiger partial charge in [0, 0.05) is 5.56 Å². The molecule has 8 heteroatoms. The molecule has 0 aliphatic carbocycles. The van der Waals surface area contributed by atoms with Crippen LogP contribution in [0.1, 0.15) is 18.1 Å². The molecule has 0 spiro atoms. The van der Waals surface area contributed by atoms with E-state index in [1.165, 1.54) is 16.7 Å². The van der Waals surface area contributed by atoms with E-state index in [2.05, 4.69) is 4.74 Å². The van der Waals surface area contributed by atoms with Crippen molar-refractivity contribution in [3.63, 3.8) is 0 Å². The fraction of sp³-hybridized carbons (Fsp3) is 0.136. The largest absolute Gasteiger partial charge is 0.434 e. The number of hydrogen-bond donors (Lipinski definition) is 0. The summed E-state index contributed by atoms with van der Waals surface area (Å²) in [5.74, 6) is -0.0767. The maximum Gasteiger partial charge on any atom is 0.387 e. The highest BCUT2D eigenvalue weighted by Gasteiger charge is 2.14. The Kier molecular flexibility index (Phi) is 6.41. The molecule has 0 bridgehead atoms. The summed E-state index contributed by atoms with van der Waals surface area (Å²) in [5, 5.41) is 18.8. The first-order chi connectivity index (χ1) is 14.5. The van der Waals surface area contributed by atoms with Crippen LogP contribution in [0.3, 0.4) is 0 Å². The Morgan fingerprint density at radius 2 is 1.83 bits per heavy atom. The second-order valence-corrected chi connectivity index (χ2v) is 7.08. The molecule has 0 fully saturated rings. The topological polar surface area (TPSA) is 78.8 Å². The Morgan fingerprint density at radius 1 is 1.17 bits per heavy atom. The minimum atomic E-state index is -3.01. The maximum absolute atomic E-state index is 13.3. The highest BCUT2D eigenvalue weighted by Crippen LogP contribution is 2.20. The molecule has 0 N–H and O–H groups in total. The van der Waals surface area contributed by atoms with Crippen LogP contribution in [-0.4, -0.2) is 11.2 Å². The number of ether oxygens (including phenoxy) is 1. The fourth-order valence-corrected chi connectivity index (χ4v) is 4.00. The van der Waals surface area contributed by atoms with Crippen molar-refractivity contribution in [1.82, 2.24) is 4.57 Å². The third-order valence-electron chi connectivity index (χ3n) is 4.30. The second kappa shape index (κ2) is 9.17. The third kappa shape index (κ3) is 4.14. The van der Waals surface area contributed by atoms with Gasteiger partial charge in [-0.1, -0.05) is 43.3 Å². The lowest BCUT2D eigenvalue weighted by atomic mass is 10.1. The zero-order valence-corrected chi connectivity index (χ0v) is 16.6. The molecule has 1 heterocycles. The number of halogens is 2. The first-order valence-corrected chi connectivity index (χ1v) is 9.72. The van der Waals surface area contributed by atoms with Crippen molar-refractivity contribution >= 4 is 23.0 Å². The van der Waals surface area contributed by atoms with Crippen molar-refractivity contribution in [3.8, 4) is 23.6 Å². The van der Waals surface area contributed by atoms with Crippen molar-refractivity contribution in [1.29, 1.82) is 10.5 Å². The number of para-hydroxylation sites is 2. The van der Waals surface area contributed by atoms with Crippen molar-refractivity contribution in [2.24, 2.45) is 0 Å². The van der Waals surface area contributed by atoms with E-state index in [0.717, 1.165) is 16.9 Å². The predicted octanol–water partition coefficient (Wildman–Crippen LogP) is 3.09. The summed E-state index contributed by atoms with van der Waals surface area (Å²) in [4.78, 5) is 13.3. The van der Waals surface area contributed by atoms with Gasteiger partial charge in [0.05, 0.1) is 10.2 Å². The molecule has 0 aliphatic rings. The first kappa shape index (κ1) is 21.0. The molecular formula is C22H15F2N3O2S. The lowest BCUT2D eigenvalue weighted by molar-refractivity contribution is -0.0499. The van der Waals surface area contributed by atoms with Gasteiger partial charge in [0.1, 0.15) is 22.6 Å². The van der Waals surface area contributed by atoms with Crippen molar-refractivity contribution in [2.45, 2.75) is 20.0 Å². The normalized spacial score (nSPS) is 11.2. The molecule has 2 aromatic carbocycles. The van der Waals surface area contributed by atoms with Crippen molar-refractivity contribution in [3.05, 3.63) is 79.2 Å². The Bertz CT molecular complexity index is 1330. The summed E-state index contributed by atoms with van der Waals surface area (Å²) in [6, 6.07) is 16.9. The molecule has 0 unspecified atom stereocenters. The van der Waals surface area contributed by atoms with Crippen LogP contribution in [0.2, 0.25) is 0 Å². The Hall–Kier alpha value is -3.75. The smallest absolute Gasteiger partial charge is 0.387 e. The number of aryl methyl sites for hydroxylation is 1. The number of nitrogens with zero attached hydrogens (tertiary/aromatic N) is 3. The summed E-state index contributed by atoms with van der Waals surface area (Å²) < 4.78 is 31.7. The van der Waals surface area contributed by atoms with E-state index in [0.29, 0.717) is 12.1 Å². The van der Waals surface area contributed by atoms with Crippen LogP contribution in [0, 0.1) is 22.7 Å². The summed E-state index contributed by atoms with van der Waals surface area (Å²) >= 11 is 0.950. The Morgan fingerprint density at radius 3 is 2.50 bits per heavy atom. The highest BCUT2D eigenvalue weighted by molar-refractivity contribution is 7.07. The van der Waals surface area contributed by atoms with Gasteiger partial charge < -0.3 is 4.74 Å². The van der Waals surface area contributed by atoms with E-state index >= 15 is 0 Å². The second-order valence-electron chi connectivity index (χ2n) is 6.05. The van der Waals surface area contributed by atoms with Crippen LogP contribution in [0.4, 0.5) is 8.78 Å². The number of nitriles is 2. The van der Waals surface area contributed by atoms with Gasteiger partial charge >= 0.3 is 6.61 Å². The quantitative estimate of drug-likeness (QED) is 0.632. The average Bonchev–Trinajstić information content (AvgIpc) is 3.05. The van der Waals surface area contributed by atoms with Crippen LogP contribution >= 0.6 is 11.3 Å². The third-order valence-corrected chi connectivity index (χ3v) is 5.39. The molecule has 0 amide bonds. The summed E-state index contributed by atoms with van der Waals surface area (Å²) in [5.41, 5.74) is 1.05. The van der Waals surface area contributed by atoms with E-state index < -0.39 is 12.2 Å². The molecule has 1 aromatic heterocycles. The van der Waals surface area contributed by atoms with Crippen LogP contribution in [0.25, 0.3) is 17.3 Å². The maximum atomic E-state index is 13.3. The zero-order valence-electron chi connectivity index (χ0n) is 15.8. The van der Waals surface area contributed by atoms with Crippen LogP contribution in [0.15, 0.2) is 53.3 Å². The van der Waals surface area contributed by atoms with Crippen LogP contribution in [0.5, 0.6) is 5.75 Å². The molecule has 3 aromatic rings. The van der Waals surface area contributed by atoms with E-state index in [-0.39, 0.29) is 26.1 Å². The summed E-state index contributed by atoms with van der Waals surface area (Å²) in [6.45, 7) is -1.08. The first-order valence-electron chi connectivity index (χ1n) is 8.90. The number of benzene rings is 2. The molecule has 150 valence electrons. The Balaban J connectivity index is 2.38. The number of aromatic nitrogens is 1. The van der Waals surface area contributed by atoms with Gasteiger partial charge in [0.25, 0.3) is 5.56 Å². The standard InChI is InChI=1S/C22H15F2N3O2S/c1-2-14-7-3-5-9-17(14)27-20(28)19(30-21(27)16(12-25)13-26)11-15-8-4-6-10-18(15)29-22(23)24/h3-11,22H,2H2,1H3/b19-11+. The van der Waals surface area contributed by atoms with Gasteiger partial charge in [-0.25, -0.2) is 0 Å². The number of alkyl halides is 2. The van der Waals surface area contributed by atoms with Gasteiger partial charge in [-0.15, -0.1) is 11.3 Å². The fourth-order valence-electron chi connectivity index (χ4n) is 2.96.